The lowest BCUT2D eigenvalue weighted by Crippen LogP contribution is -2.41. The normalized spacial score (nSPS) is 17.7. The zero-order valence-electron chi connectivity index (χ0n) is 20.3. The lowest BCUT2D eigenvalue weighted by atomic mass is 9.87. The molecule has 36 heavy (non-hydrogen) atoms. The largest absolute Gasteiger partial charge is 0.481 e. The molecular weight excluding hydrogens is 457 g/mol. The van der Waals surface area contributed by atoms with Crippen LogP contribution >= 0.6 is 0 Å². The van der Waals surface area contributed by atoms with Gasteiger partial charge in [-0.05, 0) is 84.3 Å². The van der Waals surface area contributed by atoms with Gasteiger partial charge in [0.25, 0.3) is 5.91 Å². The Balaban J connectivity index is 1.39. The molecule has 0 radical (unpaired) electrons. The van der Waals surface area contributed by atoms with Gasteiger partial charge in [0.2, 0.25) is 5.91 Å². The van der Waals surface area contributed by atoms with E-state index in [4.69, 9.17) is 4.74 Å². The van der Waals surface area contributed by atoms with E-state index in [9.17, 15) is 14.0 Å². The van der Waals surface area contributed by atoms with Crippen molar-refractivity contribution in [1.29, 1.82) is 0 Å². The van der Waals surface area contributed by atoms with Gasteiger partial charge in [-0.1, -0.05) is 25.1 Å². The summed E-state index contributed by atoms with van der Waals surface area (Å²) in [5.74, 6) is 0.321. The number of ether oxygens (including phenoxy) is 1. The Kier molecular flexibility index (Phi) is 6.98. The predicted octanol–water partition coefficient (Wildman–Crippen LogP) is 4.58. The molecule has 1 saturated carbocycles. The van der Waals surface area contributed by atoms with Crippen molar-refractivity contribution in [3.8, 4) is 5.75 Å². The average molecular weight is 488 g/mol. The molecule has 1 aliphatic carbocycles. The molecule has 2 amide bonds. The Labute approximate surface area is 210 Å². The fourth-order valence-corrected chi connectivity index (χ4v) is 4.76. The fraction of sp³-hybridized carbons (Fsp3) is 0.345. The van der Waals surface area contributed by atoms with Crippen molar-refractivity contribution < 1.29 is 18.7 Å². The molecule has 2 atom stereocenters. The van der Waals surface area contributed by atoms with Crippen molar-refractivity contribution in [1.82, 2.24) is 15.2 Å². The Morgan fingerprint density at radius 2 is 1.86 bits per heavy atom. The van der Waals surface area contributed by atoms with Crippen LogP contribution in [-0.2, 0) is 22.6 Å². The number of pyridine rings is 1. The summed E-state index contributed by atoms with van der Waals surface area (Å²) in [5.41, 5.74) is 3.92. The van der Waals surface area contributed by atoms with Crippen molar-refractivity contribution in [3.63, 3.8) is 0 Å². The summed E-state index contributed by atoms with van der Waals surface area (Å²) in [6, 6.07) is 15.6. The van der Waals surface area contributed by atoms with E-state index >= 15 is 0 Å². The van der Waals surface area contributed by atoms with Gasteiger partial charge in [0.1, 0.15) is 11.6 Å². The molecule has 2 aliphatic rings. The van der Waals surface area contributed by atoms with Gasteiger partial charge in [-0.2, -0.15) is 0 Å². The highest BCUT2D eigenvalue weighted by Crippen LogP contribution is 2.41. The minimum Gasteiger partial charge on any atom is -0.481 e. The number of carbonyl (C=O) groups is 2. The number of nitrogens with zero attached hydrogens (tertiary/aromatic N) is 2. The number of benzene rings is 2. The molecule has 1 aliphatic heterocycles. The van der Waals surface area contributed by atoms with Gasteiger partial charge in [-0.25, -0.2) is 4.39 Å². The first-order valence-electron chi connectivity index (χ1n) is 12.6. The number of nitrogens with one attached hydrogen (secondary N) is 1. The van der Waals surface area contributed by atoms with Gasteiger partial charge < -0.3 is 15.0 Å². The number of rotatable bonds is 8. The highest BCUT2D eigenvalue weighted by Gasteiger charge is 2.39. The van der Waals surface area contributed by atoms with Crippen molar-refractivity contribution in [2.45, 2.75) is 51.3 Å². The minimum atomic E-state index is -0.651. The Morgan fingerprint density at radius 1 is 1.11 bits per heavy atom. The van der Waals surface area contributed by atoms with Crippen LogP contribution in [0.3, 0.4) is 0 Å². The van der Waals surface area contributed by atoms with Crippen LogP contribution in [0.4, 0.5) is 4.39 Å². The number of amides is 2. The summed E-state index contributed by atoms with van der Waals surface area (Å²) in [4.78, 5) is 31.9. The topological polar surface area (TPSA) is 71.5 Å². The highest BCUT2D eigenvalue weighted by molar-refractivity contribution is 5.82. The first-order valence-corrected chi connectivity index (χ1v) is 12.6. The second-order valence-corrected chi connectivity index (χ2v) is 9.46. The molecule has 2 aromatic carbocycles. The molecule has 186 valence electrons. The average Bonchev–Trinajstić information content (AvgIpc) is 3.76. The monoisotopic (exact) mass is 487 g/mol. The van der Waals surface area contributed by atoms with Gasteiger partial charge in [0, 0.05) is 31.4 Å². The molecule has 1 aromatic heterocycles. The number of fused-ring (bicyclic) bond motifs is 1. The second kappa shape index (κ2) is 10.5. The van der Waals surface area contributed by atoms with E-state index in [1.807, 2.05) is 42.2 Å². The zero-order valence-corrected chi connectivity index (χ0v) is 20.3. The zero-order chi connectivity index (χ0) is 25.1. The van der Waals surface area contributed by atoms with Gasteiger partial charge in [-0.15, -0.1) is 0 Å². The van der Waals surface area contributed by atoms with Crippen LogP contribution in [0.5, 0.6) is 5.75 Å². The molecule has 2 heterocycles. The van der Waals surface area contributed by atoms with E-state index < -0.39 is 6.10 Å². The number of halogens is 1. The number of hydrogen-bond acceptors (Lipinski definition) is 4. The highest BCUT2D eigenvalue weighted by atomic mass is 19.1. The standard InChI is InChI=1S/C29H30FN3O3/c1-2-26(28(34)32-18-19-11-14-31-15-12-19)36-24-10-7-20-13-16-33(29(35)22-3-4-22)27(25(20)17-24)21-5-8-23(30)9-6-21/h5-12,14-15,17,22,26-27H,2-4,13,16,18H2,1H3,(H,32,34). The molecule has 6 nitrogen and oxygen atoms in total. The van der Waals surface area contributed by atoms with E-state index in [2.05, 4.69) is 10.3 Å². The SMILES string of the molecule is CCC(Oc1ccc2c(c1)C(c1ccc(F)cc1)N(C(=O)C1CC1)CC2)C(=O)NCc1ccncc1. The van der Waals surface area contributed by atoms with Crippen molar-refractivity contribution in [3.05, 3.63) is 95.1 Å². The smallest absolute Gasteiger partial charge is 0.261 e. The van der Waals surface area contributed by atoms with E-state index in [1.54, 1.807) is 24.5 Å². The number of aromatic nitrogens is 1. The third-order valence-electron chi connectivity index (χ3n) is 6.90. The lowest BCUT2D eigenvalue weighted by molar-refractivity contribution is -0.134. The maximum atomic E-state index is 13.7. The van der Waals surface area contributed by atoms with E-state index in [0.717, 1.165) is 41.5 Å². The molecule has 1 N–H and O–H groups in total. The summed E-state index contributed by atoms with van der Waals surface area (Å²) in [5, 5.41) is 2.93. The molecule has 0 spiro atoms. The number of carbonyl (C=O) groups excluding carboxylic acids is 2. The van der Waals surface area contributed by atoms with Crippen molar-refractivity contribution in [2.24, 2.45) is 5.92 Å². The summed E-state index contributed by atoms with van der Waals surface area (Å²) < 4.78 is 19.8. The lowest BCUT2D eigenvalue weighted by Gasteiger charge is -2.38. The van der Waals surface area contributed by atoms with E-state index in [-0.39, 0.29) is 29.6 Å². The van der Waals surface area contributed by atoms with Gasteiger partial charge in [0.05, 0.1) is 6.04 Å². The fourth-order valence-electron chi connectivity index (χ4n) is 4.76. The summed E-state index contributed by atoms with van der Waals surface area (Å²) in [6.45, 7) is 2.93. The number of hydrogen-bond donors (Lipinski definition) is 1. The summed E-state index contributed by atoms with van der Waals surface area (Å²) in [6.07, 6.45) is 5.83. The van der Waals surface area contributed by atoms with Gasteiger partial charge >= 0.3 is 0 Å². The maximum absolute atomic E-state index is 13.7. The third-order valence-corrected chi connectivity index (χ3v) is 6.90. The Hall–Kier alpha value is -3.74. The third kappa shape index (κ3) is 5.25. The van der Waals surface area contributed by atoms with Crippen molar-refractivity contribution >= 4 is 11.8 Å². The molecular formula is C29H30FN3O3. The Bertz CT molecular complexity index is 1230. The molecule has 1 fully saturated rings. The minimum absolute atomic E-state index is 0.0856. The van der Waals surface area contributed by atoms with Crippen LogP contribution in [0.25, 0.3) is 0 Å². The summed E-state index contributed by atoms with van der Waals surface area (Å²) >= 11 is 0. The van der Waals surface area contributed by atoms with Crippen molar-refractivity contribution in [2.75, 3.05) is 6.54 Å². The van der Waals surface area contributed by atoms with Crippen LogP contribution < -0.4 is 10.1 Å². The second-order valence-electron chi connectivity index (χ2n) is 9.46. The van der Waals surface area contributed by atoms with Gasteiger partial charge in [0.15, 0.2) is 6.10 Å². The van der Waals surface area contributed by atoms with Crippen LogP contribution in [0.1, 0.15) is 54.5 Å². The maximum Gasteiger partial charge on any atom is 0.261 e. The molecule has 5 rings (SSSR count). The molecule has 0 saturated heterocycles. The predicted molar refractivity (Wildman–Crippen MR) is 134 cm³/mol. The molecule has 0 bridgehead atoms. The first-order chi connectivity index (χ1) is 17.5. The summed E-state index contributed by atoms with van der Waals surface area (Å²) in [7, 11) is 0. The quantitative estimate of drug-likeness (QED) is 0.505. The van der Waals surface area contributed by atoms with Crippen LogP contribution in [0, 0.1) is 11.7 Å². The molecule has 3 aromatic rings. The van der Waals surface area contributed by atoms with E-state index in [0.29, 0.717) is 25.3 Å². The first kappa shape index (κ1) is 24.0. The van der Waals surface area contributed by atoms with Crippen LogP contribution in [0.2, 0.25) is 0 Å². The van der Waals surface area contributed by atoms with Crippen LogP contribution in [0.15, 0.2) is 67.0 Å². The van der Waals surface area contributed by atoms with E-state index in [1.165, 1.54) is 12.1 Å². The van der Waals surface area contributed by atoms with Crippen LogP contribution in [-0.4, -0.2) is 34.3 Å². The molecule has 2 unspecified atom stereocenters. The Morgan fingerprint density at radius 3 is 2.56 bits per heavy atom. The molecule has 7 heteroatoms. The van der Waals surface area contributed by atoms with Gasteiger partial charge in [-0.3, -0.25) is 14.6 Å².